The molecule has 34 heavy (non-hydrogen) atoms. The maximum atomic E-state index is 12.8. The molecule has 0 spiro atoms. The molecule has 2 fully saturated rings. The van der Waals surface area contributed by atoms with Crippen molar-refractivity contribution < 1.29 is 14.3 Å². The van der Waals surface area contributed by atoms with E-state index in [1.165, 1.54) is 17.7 Å². The first-order valence-electron chi connectivity index (χ1n) is 11.5. The molecular weight excluding hydrogens is 452 g/mol. The smallest absolute Gasteiger partial charge is 0.410 e. The molecule has 2 aliphatic rings. The van der Waals surface area contributed by atoms with Gasteiger partial charge in [-0.05, 0) is 45.7 Å². The minimum atomic E-state index is -0.599. The Balaban J connectivity index is 1.30. The number of nitrogens with zero attached hydrogens (tertiary/aromatic N) is 6. The molecule has 0 N–H and O–H groups in total. The van der Waals surface area contributed by atoms with E-state index in [-0.39, 0.29) is 12.5 Å². The van der Waals surface area contributed by atoms with Crippen LogP contribution in [-0.2, 0) is 9.53 Å². The number of piperazine rings is 1. The van der Waals surface area contributed by atoms with Gasteiger partial charge in [-0.1, -0.05) is 0 Å². The number of fused-ring (bicyclic) bond motifs is 1. The summed E-state index contributed by atoms with van der Waals surface area (Å²) >= 11 is 1.55. The highest BCUT2D eigenvalue weighted by Gasteiger charge is 2.31. The lowest BCUT2D eigenvalue weighted by Crippen LogP contribution is -2.53. The Morgan fingerprint density at radius 1 is 1.03 bits per heavy atom. The first-order valence-corrected chi connectivity index (χ1v) is 12.3. The third kappa shape index (κ3) is 4.68. The standard InChI is InChI=1S/C24H28N6O3S/c1-24(2,3)33-23(32)29-10-11-30(21(31)15-29)20-12-18-17(14-26-20)27-22(34-18)16-6-7-19(25-13-16)28-8-4-5-9-28/h6-7,12-14H,4-5,8-11,15H2,1-3H3. The van der Waals surface area contributed by atoms with E-state index >= 15 is 0 Å². The fraction of sp³-hybridized carbons (Fsp3) is 0.458. The van der Waals surface area contributed by atoms with Crippen molar-refractivity contribution in [2.45, 2.75) is 39.2 Å². The zero-order valence-electron chi connectivity index (χ0n) is 19.7. The van der Waals surface area contributed by atoms with E-state index in [2.05, 4.69) is 27.0 Å². The topological polar surface area (TPSA) is 91.8 Å². The van der Waals surface area contributed by atoms with Crippen LogP contribution in [-0.4, -0.2) is 70.2 Å². The second-order valence-electron chi connectivity index (χ2n) is 9.58. The Morgan fingerprint density at radius 2 is 1.79 bits per heavy atom. The number of carbonyl (C=O) groups excluding carboxylic acids is 2. The summed E-state index contributed by atoms with van der Waals surface area (Å²) in [4.78, 5) is 44.3. The minimum absolute atomic E-state index is 0.0302. The Morgan fingerprint density at radius 3 is 2.47 bits per heavy atom. The van der Waals surface area contributed by atoms with Gasteiger partial charge in [-0.3, -0.25) is 14.6 Å². The van der Waals surface area contributed by atoms with Crippen LogP contribution in [0.25, 0.3) is 20.8 Å². The van der Waals surface area contributed by atoms with Crippen LogP contribution in [0.15, 0.2) is 30.6 Å². The monoisotopic (exact) mass is 480 g/mol. The van der Waals surface area contributed by atoms with Crippen LogP contribution < -0.4 is 9.80 Å². The van der Waals surface area contributed by atoms with Gasteiger partial charge in [0.15, 0.2) is 0 Å². The van der Waals surface area contributed by atoms with Crippen LogP contribution in [0.2, 0.25) is 0 Å². The SMILES string of the molecule is CC(C)(C)OC(=O)N1CCN(c2cc3sc(-c4ccc(N5CCCC5)nc4)nc3cn2)C(=O)C1. The largest absolute Gasteiger partial charge is 0.444 e. The van der Waals surface area contributed by atoms with Gasteiger partial charge in [0, 0.05) is 44.0 Å². The highest BCUT2D eigenvalue weighted by atomic mass is 32.1. The summed E-state index contributed by atoms with van der Waals surface area (Å²) in [6.07, 6.45) is 5.54. The zero-order chi connectivity index (χ0) is 23.9. The Kier molecular flexibility index (Phi) is 5.85. The number of carbonyl (C=O) groups is 2. The molecule has 0 aromatic carbocycles. The average Bonchev–Trinajstić information content (AvgIpc) is 3.48. The van der Waals surface area contributed by atoms with E-state index in [0.29, 0.717) is 18.9 Å². The summed E-state index contributed by atoms with van der Waals surface area (Å²) < 4.78 is 6.34. The fourth-order valence-corrected chi connectivity index (χ4v) is 5.09. The van der Waals surface area contributed by atoms with Gasteiger partial charge in [-0.15, -0.1) is 11.3 Å². The molecule has 3 aromatic heterocycles. The molecule has 0 bridgehead atoms. The van der Waals surface area contributed by atoms with Crippen molar-refractivity contribution in [3.63, 3.8) is 0 Å². The third-order valence-corrected chi connectivity index (χ3v) is 6.90. The molecule has 0 radical (unpaired) electrons. The molecule has 10 heteroatoms. The van der Waals surface area contributed by atoms with E-state index in [9.17, 15) is 9.59 Å². The van der Waals surface area contributed by atoms with Crippen LogP contribution in [0.4, 0.5) is 16.4 Å². The summed E-state index contributed by atoms with van der Waals surface area (Å²) in [5, 5.41) is 0.871. The maximum absolute atomic E-state index is 12.8. The van der Waals surface area contributed by atoms with Gasteiger partial charge in [0.2, 0.25) is 5.91 Å². The van der Waals surface area contributed by atoms with E-state index in [4.69, 9.17) is 9.72 Å². The molecule has 3 aromatic rings. The molecule has 5 heterocycles. The summed E-state index contributed by atoms with van der Waals surface area (Å²) in [6.45, 7) is 8.28. The van der Waals surface area contributed by atoms with E-state index in [0.717, 1.165) is 39.7 Å². The highest BCUT2D eigenvalue weighted by Crippen LogP contribution is 2.32. The van der Waals surface area contributed by atoms with Gasteiger partial charge < -0.3 is 9.64 Å². The molecule has 178 valence electrons. The van der Waals surface area contributed by atoms with Crippen molar-refractivity contribution in [3.05, 3.63) is 30.6 Å². The molecular formula is C24H28N6O3S. The number of rotatable bonds is 3. The molecule has 2 saturated heterocycles. The van der Waals surface area contributed by atoms with Crippen molar-refractivity contribution in [2.75, 3.05) is 42.5 Å². The highest BCUT2D eigenvalue weighted by molar-refractivity contribution is 7.21. The predicted molar refractivity (Wildman–Crippen MR) is 132 cm³/mol. The second kappa shape index (κ2) is 8.83. The van der Waals surface area contributed by atoms with Gasteiger partial charge in [-0.2, -0.15) is 0 Å². The van der Waals surface area contributed by atoms with Gasteiger partial charge in [0.05, 0.1) is 10.9 Å². The zero-order valence-corrected chi connectivity index (χ0v) is 20.5. The number of amides is 2. The molecule has 5 rings (SSSR count). The van der Waals surface area contributed by atoms with Gasteiger partial charge in [0.25, 0.3) is 0 Å². The van der Waals surface area contributed by atoms with E-state index in [1.807, 2.05) is 33.0 Å². The lowest BCUT2D eigenvalue weighted by atomic mass is 10.2. The van der Waals surface area contributed by atoms with E-state index < -0.39 is 11.7 Å². The molecule has 0 unspecified atom stereocenters. The molecule has 2 aliphatic heterocycles. The quantitative estimate of drug-likeness (QED) is 0.561. The number of anilines is 2. The average molecular weight is 481 g/mol. The summed E-state index contributed by atoms with van der Waals surface area (Å²) in [7, 11) is 0. The molecule has 0 saturated carbocycles. The summed E-state index contributed by atoms with van der Waals surface area (Å²) in [5.41, 5.74) is 1.15. The summed E-state index contributed by atoms with van der Waals surface area (Å²) in [6, 6.07) is 6.01. The van der Waals surface area contributed by atoms with Gasteiger partial charge in [-0.25, -0.2) is 19.7 Å². The van der Waals surface area contributed by atoms with Crippen molar-refractivity contribution in [2.24, 2.45) is 0 Å². The number of pyridine rings is 2. The van der Waals surface area contributed by atoms with Gasteiger partial charge >= 0.3 is 6.09 Å². The Labute approximate surface area is 202 Å². The molecule has 9 nitrogen and oxygen atoms in total. The second-order valence-corrected chi connectivity index (χ2v) is 10.6. The summed E-state index contributed by atoms with van der Waals surface area (Å²) in [5.74, 6) is 1.39. The lowest BCUT2D eigenvalue weighted by Gasteiger charge is -2.34. The number of ether oxygens (including phenoxy) is 1. The van der Waals surface area contributed by atoms with Crippen molar-refractivity contribution in [1.82, 2.24) is 19.9 Å². The van der Waals surface area contributed by atoms with Crippen LogP contribution in [0.5, 0.6) is 0 Å². The first-order chi connectivity index (χ1) is 16.3. The third-order valence-electron chi connectivity index (χ3n) is 5.83. The fourth-order valence-electron chi connectivity index (χ4n) is 4.14. The molecule has 0 atom stereocenters. The number of hydrogen-bond donors (Lipinski definition) is 0. The number of hydrogen-bond acceptors (Lipinski definition) is 8. The minimum Gasteiger partial charge on any atom is -0.444 e. The van der Waals surface area contributed by atoms with Crippen LogP contribution in [0.3, 0.4) is 0 Å². The molecule has 0 aliphatic carbocycles. The first kappa shape index (κ1) is 22.5. The van der Waals surface area contributed by atoms with Crippen LogP contribution >= 0.6 is 11.3 Å². The van der Waals surface area contributed by atoms with Crippen LogP contribution in [0, 0.1) is 0 Å². The van der Waals surface area contributed by atoms with Crippen molar-refractivity contribution in [1.29, 1.82) is 0 Å². The lowest BCUT2D eigenvalue weighted by molar-refractivity contribution is -0.121. The predicted octanol–water partition coefficient (Wildman–Crippen LogP) is 3.94. The Bertz CT molecular complexity index is 1210. The van der Waals surface area contributed by atoms with Crippen molar-refractivity contribution >= 4 is 45.2 Å². The Hall–Kier alpha value is -3.27. The van der Waals surface area contributed by atoms with E-state index in [1.54, 1.807) is 22.4 Å². The number of thiazole rings is 1. The van der Waals surface area contributed by atoms with Crippen molar-refractivity contribution in [3.8, 4) is 10.6 Å². The van der Waals surface area contributed by atoms with Gasteiger partial charge in [0.1, 0.15) is 34.3 Å². The number of aromatic nitrogens is 3. The van der Waals surface area contributed by atoms with Crippen LogP contribution in [0.1, 0.15) is 33.6 Å². The normalized spacial score (nSPS) is 17.0. The molecule has 2 amide bonds. The maximum Gasteiger partial charge on any atom is 0.410 e.